The van der Waals surface area contributed by atoms with Crippen LogP contribution in [0.1, 0.15) is 21.5 Å². The van der Waals surface area contributed by atoms with Gasteiger partial charge in [-0.1, -0.05) is 65.3 Å². The molecule has 4 aromatic rings. The van der Waals surface area contributed by atoms with Gasteiger partial charge in [-0.05, 0) is 48.9 Å². The van der Waals surface area contributed by atoms with E-state index in [0.29, 0.717) is 21.6 Å². The fourth-order valence-electron chi connectivity index (χ4n) is 3.13. The molecule has 0 aliphatic carbocycles. The first kappa shape index (κ1) is 24.2. The number of thioether (sulfide) groups is 1. The minimum absolute atomic E-state index is 0.0644. The van der Waals surface area contributed by atoms with Gasteiger partial charge in [0, 0.05) is 16.3 Å². The van der Waals surface area contributed by atoms with Crippen LogP contribution >= 0.6 is 23.4 Å². The number of aromatic nitrogens is 3. The molecule has 0 aliphatic rings. The number of carbonyl (C=O) groups excluding carboxylic acids is 1. The van der Waals surface area contributed by atoms with E-state index in [0.717, 1.165) is 16.8 Å². The van der Waals surface area contributed by atoms with Gasteiger partial charge in [0.15, 0.2) is 11.0 Å². The van der Waals surface area contributed by atoms with Crippen LogP contribution in [0.4, 0.5) is 0 Å². The van der Waals surface area contributed by atoms with E-state index < -0.39 is 5.97 Å². The van der Waals surface area contributed by atoms with Crippen molar-refractivity contribution in [3.63, 3.8) is 0 Å². The first-order valence-corrected chi connectivity index (χ1v) is 11.8. The van der Waals surface area contributed by atoms with E-state index >= 15 is 0 Å². The monoisotopic (exact) mass is 505 g/mol. The molecule has 0 fully saturated rings. The molecule has 176 valence electrons. The molecule has 2 N–H and O–H groups in total. The average molecular weight is 506 g/mol. The van der Waals surface area contributed by atoms with Crippen molar-refractivity contribution in [1.29, 1.82) is 0 Å². The average Bonchev–Trinajstić information content (AvgIpc) is 3.28. The van der Waals surface area contributed by atoms with Crippen LogP contribution < -0.4 is 5.43 Å². The van der Waals surface area contributed by atoms with Gasteiger partial charge in [0.1, 0.15) is 0 Å². The molecule has 0 atom stereocenters. The molecule has 1 amide bonds. The quantitative estimate of drug-likeness (QED) is 0.201. The highest BCUT2D eigenvalue weighted by Gasteiger charge is 2.17. The summed E-state index contributed by atoms with van der Waals surface area (Å²) in [7, 11) is 0. The van der Waals surface area contributed by atoms with Gasteiger partial charge in [0.2, 0.25) is 0 Å². The zero-order valence-corrected chi connectivity index (χ0v) is 20.1. The van der Waals surface area contributed by atoms with Crippen LogP contribution in [0.2, 0.25) is 5.02 Å². The minimum Gasteiger partial charge on any atom is -0.478 e. The topological polar surface area (TPSA) is 109 Å². The number of hydrogen-bond acceptors (Lipinski definition) is 6. The van der Waals surface area contributed by atoms with E-state index in [1.807, 2.05) is 47.9 Å². The Kier molecular flexibility index (Phi) is 7.59. The first-order valence-electron chi connectivity index (χ1n) is 10.5. The Balaban J connectivity index is 1.47. The van der Waals surface area contributed by atoms with E-state index in [9.17, 15) is 9.59 Å². The molecule has 1 aromatic heterocycles. The van der Waals surface area contributed by atoms with Gasteiger partial charge in [-0.15, -0.1) is 10.2 Å². The SMILES string of the molecule is Cc1ccc(-c2nnc(SCC(=O)N/N=C\c3ccc(C(=O)O)cc3)n2-c2ccc(Cl)cc2)cc1. The molecule has 0 radical (unpaired) electrons. The molecule has 0 aliphatic heterocycles. The summed E-state index contributed by atoms with van der Waals surface area (Å²) in [5, 5.41) is 22.7. The Labute approximate surface area is 210 Å². The zero-order valence-electron chi connectivity index (χ0n) is 18.6. The summed E-state index contributed by atoms with van der Waals surface area (Å²) >= 11 is 7.30. The molecule has 3 aromatic carbocycles. The molecule has 0 unspecified atom stereocenters. The molecule has 35 heavy (non-hydrogen) atoms. The minimum atomic E-state index is -1.00. The van der Waals surface area contributed by atoms with Crippen LogP contribution in [-0.4, -0.2) is 43.7 Å². The number of amides is 1. The second kappa shape index (κ2) is 11.0. The molecule has 0 bridgehead atoms. The van der Waals surface area contributed by atoms with Crippen molar-refractivity contribution >= 4 is 41.5 Å². The van der Waals surface area contributed by atoms with E-state index in [4.69, 9.17) is 16.7 Å². The van der Waals surface area contributed by atoms with Crippen molar-refractivity contribution in [2.24, 2.45) is 5.10 Å². The van der Waals surface area contributed by atoms with Gasteiger partial charge in [0.05, 0.1) is 17.5 Å². The van der Waals surface area contributed by atoms with Gasteiger partial charge in [-0.2, -0.15) is 5.10 Å². The van der Waals surface area contributed by atoms with Crippen molar-refractivity contribution in [3.05, 3.63) is 94.5 Å². The lowest BCUT2D eigenvalue weighted by Crippen LogP contribution is -2.20. The van der Waals surface area contributed by atoms with Gasteiger partial charge >= 0.3 is 5.97 Å². The molecular formula is C25H20ClN5O3S. The predicted octanol–water partition coefficient (Wildman–Crippen LogP) is 4.84. The number of aromatic carboxylic acids is 1. The maximum Gasteiger partial charge on any atom is 0.335 e. The van der Waals surface area contributed by atoms with E-state index in [-0.39, 0.29) is 17.2 Å². The van der Waals surface area contributed by atoms with Gasteiger partial charge in [-0.25, -0.2) is 10.2 Å². The highest BCUT2D eigenvalue weighted by Crippen LogP contribution is 2.28. The molecule has 4 rings (SSSR count). The van der Waals surface area contributed by atoms with E-state index in [1.165, 1.54) is 30.1 Å². The van der Waals surface area contributed by atoms with Crippen LogP contribution in [0.3, 0.4) is 0 Å². The molecule has 8 nitrogen and oxygen atoms in total. The number of carboxylic acid groups (broad SMARTS) is 1. The number of rotatable bonds is 8. The van der Waals surface area contributed by atoms with Gasteiger partial charge in [-0.3, -0.25) is 9.36 Å². The van der Waals surface area contributed by atoms with Crippen LogP contribution in [0, 0.1) is 6.92 Å². The Morgan fingerprint density at radius 2 is 1.71 bits per heavy atom. The largest absolute Gasteiger partial charge is 0.478 e. The molecule has 0 saturated carbocycles. The summed E-state index contributed by atoms with van der Waals surface area (Å²) in [6.07, 6.45) is 1.44. The summed E-state index contributed by atoms with van der Waals surface area (Å²) < 4.78 is 1.88. The summed E-state index contributed by atoms with van der Waals surface area (Å²) in [6, 6.07) is 21.4. The van der Waals surface area contributed by atoms with Crippen LogP contribution in [0.15, 0.2) is 83.1 Å². The van der Waals surface area contributed by atoms with Crippen molar-refractivity contribution in [1.82, 2.24) is 20.2 Å². The highest BCUT2D eigenvalue weighted by atomic mass is 35.5. The highest BCUT2D eigenvalue weighted by molar-refractivity contribution is 7.99. The summed E-state index contributed by atoms with van der Waals surface area (Å²) in [5.41, 5.74) is 6.16. The third-order valence-corrected chi connectivity index (χ3v) is 6.10. The lowest BCUT2D eigenvalue weighted by Gasteiger charge is -2.10. The number of carboxylic acids is 1. The zero-order chi connectivity index (χ0) is 24.8. The van der Waals surface area contributed by atoms with Crippen molar-refractivity contribution in [2.75, 3.05) is 5.75 Å². The molecule has 1 heterocycles. The predicted molar refractivity (Wildman–Crippen MR) is 136 cm³/mol. The number of hydrogen-bond donors (Lipinski definition) is 2. The Morgan fingerprint density at radius 1 is 1.03 bits per heavy atom. The summed E-state index contributed by atoms with van der Waals surface area (Å²) in [5.74, 6) is -0.612. The first-order chi connectivity index (χ1) is 16.9. The number of aryl methyl sites for hydroxylation is 1. The standard InChI is InChI=1S/C25H20ClN5O3S/c1-16-2-6-18(7-3-16)23-29-30-25(31(23)21-12-10-20(26)11-13-21)35-15-22(32)28-27-14-17-4-8-19(9-5-17)24(33)34/h2-14H,15H2,1H3,(H,28,32)(H,33,34)/b27-14-. The normalized spacial score (nSPS) is 11.0. The fourth-order valence-corrected chi connectivity index (χ4v) is 4.00. The van der Waals surface area contributed by atoms with Crippen LogP contribution in [-0.2, 0) is 4.79 Å². The fraction of sp³-hybridized carbons (Fsp3) is 0.0800. The second-order valence-corrected chi connectivity index (χ2v) is 8.87. The third-order valence-electron chi connectivity index (χ3n) is 4.92. The maximum atomic E-state index is 12.4. The third kappa shape index (κ3) is 6.14. The lowest BCUT2D eigenvalue weighted by molar-refractivity contribution is -0.118. The van der Waals surface area contributed by atoms with Gasteiger partial charge in [0.25, 0.3) is 5.91 Å². The Bertz CT molecular complexity index is 1370. The van der Waals surface area contributed by atoms with E-state index in [2.05, 4.69) is 20.7 Å². The number of nitrogens with one attached hydrogen (secondary N) is 1. The number of nitrogens with zero attached hydrogens (tertiary/aromatic N) is 4. The molecular weight excluding hydrogens is 486 g/mol. The molecule has 0 spiro atoms. The summed E-state index contributed by atoms with van der Waals surface area (Å²) in [6.45, 7) is 2.02. The van der Waals surface area contributed by atoms with E-state index in [1.54, 1.807) is 24.3 Å². The molecule has 0 saturated heterocycles. The number of benzene rings is 3. The Hall–Kier alpha value is -3.95. The van der Waals surface area contributed by atoms with Crippen LogP contribution in [0.25, 0.3) is 17.1 Å². The van der Waals surface area contributed by atoms with Crippen molar-refractivity contribution in [2.45, 2.75) is 12.1 Å². The lowest BCUT2D eigenvalue weighted by atomic mass is 10.1. The van der Waals surface area contributed by atoms with Crippen molar-refractivity contribution in [3.8, 4) is 17.1 Å². The van der Waals surface area contributed by atoms with Crippen LogP contribution in [0.5, 0.6) is 0 Å². The smallest absolute Gasteiger partial charge is 0.335 e. The number of hydrazone groups is 1. The van der Waals surface area contributed by atoms with Crippen molar-refractivity contribution < 1.29 is 14.7 Å². The molecule has 10 heteroatoms. The number of halogens is 1. The Morgan fingerprint density at radius 3 is 2.37 bits per heavy atom. The van der Waals surface area contributed by atoms with Gasteiger partial charge < -0.3 is 5.11 Å². The number of carbonyl (C=O) groups is 2. The maximum absolute atomic E-state index is 12.4. The second-order valence-electron chi connectivity index (χ2n) is 7.49. The summed E-state index contributed by atoms with van der Waals surface area (Å²) in [4.78, 5) is 23.3.